The molecule has 2 aliphatic heterocycles. The molecule has 2 fully saturated rings. The Morgan fingerprint density at radius 3 is 2.68 bits per heavy atom. The van der Waals surface area contributed by atoms with Gasteiger partial charge in [0, 0.05) is 13.1 Å². The van der Waals surface area contributed by atoms with E-state index in [1.54, 1.807) is 29.2 Å². The minimum atomic E-state index is -0.628. The summed E-state index contributed by atoms with van der Waals surface area (Å²) in [5.74, 6) is 0.0206. The number of imide groups is 1. The smallest absolute Gasteiger partial charge is 0.417 e. The number of benzene rings is 1. The van der Waals surface area contributed by atoms with Crippen LogP contribution in [0.25, 0.3) is 0 Å². The summed E-state index contributed by atoms with van der Waals surface area (Å²) in [5, 5.41) is 0. The third-order valence-corrected chi connectivity index (χ3v) is 3.72. The van der Waals surface area contributed by atoms with Crippen molar-refractivity contribution in [2.24, 2.45) is 0 Å². The molecule has 2 aliphatic rings. The maximum atomic E-state index is 12.5. The van der Waals surface area contributed by atoms with Crippen molar-refractivity contribution < 1.29 is 23.9 Å². The van der Waals surface area contributed by atoms with E-state index in [1.807, 2.05) is 6.92 Å². The summed E-state index contributed by atoms with van der Waals surface area (Å²) in [6.45, 7) is 2.75. The lowest BCUT2D eigenvalue weighted by molar-refractivity contribution is -0.129. The Kier molecular flexibility index (Phi) is 3.70. The van der Waals surface area contributed by atoms with Crippen molar-refractivity contribution in [2.75, 3.05) is 26.3 Å². The highest BCUT2D eigenvalue weighted by Gasteiger charge is 2.44. The van der Waals surface area contributed by atoms with E-state index in [9.17, 15) is 14.4 Å². The van der Waals surface area contributed by atoms with Gasteiger partial charge in [-0.2, -0.15) is 0 Å². The third kappa shape index (κ3) is 2.38. The highest BCUT2D eigenvalue weighted by atomic mass is 16.6. The summed E-state index contributed by atoms with van der Waals surface area (Å²) in [5.41, 5.74) is 0.484. The Balaban J connectivity index is 1.67. The summed E-state index contributed by atoms with van der Waals surface area (Å²) < 4.78 is 10.1. The van der Waals surface area contributed by atoms with Gasteiger partial charge in [0.15, 0.2) is 6.61 Å². The molecule has 0 aliphatic carbocycles. The molecule has 0 N–H and O–H groups in total. The quantitative estimate of drug-likeness (QED) is 0.825. The molecule has 0 unspecified atom stereocenters. The summed E-state index contributed by atoms with van der Waals surface area (Å²) in [4.78, 5) is 38.2. The number of rotatable bonds is 4. The van der Waals surface area contributed by atoms with Gasteiger partial charge in [-0.15, -0.1) is 0 Å². The Morgan fingerprint density at radius 2 is 2.05 bits per heavy atom. The number of hydrogen-bond donors (Lipinski definition) is 0. The number of para-hydroxylation sites is 1. The van der Waals surface area contributed by atoms with Crippen LogP contribution >= 0.6 is 0 Å². The maximum absolute atomic E-state index is 12.5. The van der Waals surface area contributed by atoms with Gasteiger partial charge in [-0.1, -0.05) is 12.1 Å². The first kappa shape index (κ1) is 14.4. The zero-order chi connectivity index (χ0) is 15.7. The predicted octanol–water partition coefficient (Wildman–Crippen LogP) is 0.889. The molecule has 3 amide bonds. The number of carbonyl (C=O) groups is 3. The van der Waals surface area contributed by atoms with E-state index in [2.05, 4.69) is 4.74 Å². The van der Waals surface area contributed by atoms with Crippen LogP contribution in [0.4, 0.5) is 4.79 Å². The number of ether oxygens (including phenoxy) is 2. The molecule has 0 radical (unpaired) electrons. The van der Waals surface area contributed by atoms with Crippen LogP contribution in [0.5, 0.6) is 5.75 Å². The van der Waals surface area contributed by atoms with Gasteiger partial charge in [-0.05, 0) is 19.1 Å². The van der Waals surface area contributed by atoms with Gasteiger partial charge >= 0.3 is 6.09 Å². The zero-order valence-corrected chi connectivity index (χ0v) is 12.2. The number of cyclic esters (lactones) is 1. The van der Waals surface area contributed by atoms with Crippen LogP contribution in [0.3, 0.4) is 0 Å². The van der Waals surface area contributed by atoms with E-state index in [4.69, 9.17) is 4.74 Å². The lowest BCUT2D eigenvalue weighted by Crippen LogP contribution is -2.62. The lowest BCUT2D eigenvalue weighted by Gasteiger charge is -2.42. The Morgan fingerprint density at radius 1 is 1.32 bits per heavy atom. The highest BCUT2D eigenvalue weighted by Crippen LogP contribution is 2.25. The highest BCUT2D eigenvalue weighted by molar-refractivity contribution is 6.00. The standard InChI is InChI=1S/C15H16N2O5/c1-2-21-12-6-4-3-5-11(12)14(19)16-7-10(8-16)17-13(18)9-22-15(17)20/h3-6,10H,2,7-9H2,1H3. The molecular formula is C15H16N2O5. The average molecular weight is 304 g/mol. The van der Waals surface area contributed by atoms with E-state index in [0.717, 1.165) is 4.90 Å². The molecule has 1 aromatic rings. The van der Waals surface area contributed by atoms with Gasteiger partial charge in [0.1, 0.15) is 5.75 Å². The minimum absolute atomic E-state index is 0.166. The molecule has 116 valence electrons. The van der Waals surface area contributed by atoms with Crippen molar-refractivity contribution in [2.45, 2.75) is 13.0 Å². The fourth-order valence-corrected chi connectivity index (χ4v) is 2.60. The van der Waals surface area contributed by atoms with Gasteiger partial charge in [0.25, 0.3) is 11.8 Å². The lowest BCUT2D eigenvalue weighted by atomic mass is 10.0. The number of hydrogen-bond acceptors (Lipinski definition) is 5. The van der Waals surface area contributed by atoms with Crippen molar-refractivity contribution >= 4 is 17.9 Å². The molecule has 22 heavy (non-hydrogen) atoms. The molecule has 0 aromatic heterocycles. The van der Waals surface area contributed by atoms with Crippen molar-refractivity contribution in [1.29, 1.82) is 0 Å². The van der Waals surface area contributed by atoms with E-state index < -0.39 is 6.09 Å². The number of likely N-dealkylation sites (tertiary alicyclic amines) is 1. The second-order valence-corrected chi connectivity index (χ2v) is 5.11. The van der Waals surface area contributed by atoms with Gasteiger partial charge in [0.05, 0.1) is 18.2 Å². The molecule has 0 bridgehead atoms. The normalized spacial score (nSPS) is 18.2. The van der Waals surface area contributed by atoms with Crippen LogP contribution in [0.15, 0.2) is 24.3 Å². The molecule has 3 rings (SSSR count). The van der Waals surface area contributed by atoms with Gasteiger partial charge in [-0.3, -0.25) is 9.59 Å². The Labute approximate surface area is 127 Å². The summed E-state index contributed by atoms with van der Waals surface area (Å²) in [6.07, 6.45) is -0.628. The van der Waals surface area contributed by atoms with Crippen molar-refractivity contribution in [3.8, 4) is 5.75 Å². The first-order valence-electron chi connectivity index (χ1n) is 7.11. The topological polar surface area (TPSA) is 76.2 Å². The fourth-order valence-electron chi connectivity index (χ4n) is 2.60. The minimum Gasteiger partial charge on any atom is -0.493 e. The van der Waals surface area contributed by atoms with E-state index in [0.29, 0.717) is 31.0 Å². The van der Waals surface area contributed by atoms with Gasteiger partial charge in [-0.25, -0.2) is 9.69 Å². The van der Waals surface area contributed by atoms with Gasteiger partial charge < -0.3 is 14.4 Å². The predicted molar refractivity (Wildman–Crippen MR) is 75.5 cm³/mol. The van der Waals surface area contributed by atoms with Crippen molar-refractivity contribution in [3.63, 3.8) is 0 Å². The van der Waals surface area contributed by atoms with Crippen LogP contribution in [0.2, 0.25) is 0 Å². The average Bonchev–Trinajstić information content (AvgIpc) is 2.79. The zero-order valence-electron chi connectivity index (χ0n) is 12.2. The molecular weight excluding hydrogens is 288 g/mol. The maximum Gasteiger partial charge on any atom is 0.417 e. The Bertz CT molecular complexity index is 608. The Hall–Kier alpha value is -2.57. The number of nitrogens with zero attached hydrogens (tertiary/aromatic N) is 2. The molecule has 7 heteroatoms. The van der Waals surface area contributed by atoms with Crippen molar-refractivity contribution in [1.82, 2.24) is 9.80 Å². The molecule has 0 saturated carbocycles. The van der Waals surface area contributed by atoms with Crippen LogP contribution < -0.4 is 4.74 Å². The van der Waals surface area contributed by atoms with E-state index >= 15 is 0 Å². The molecule has 1 aromatic carbocycles. The van der Waals surface area contributed by atoms with Crippen molar-refractivity contribution in [3.05, 3.63) is 29.8 Å². The second-order valence-electron chi connectivity index (χ2n) is 5.11. The van der Waals surface area contributed by atoms with E-state index in [-0.39, 0.29) is 24.5 Å². The molecule has 0 atom stereocenters. The van der Waals surface area contributed by atoms with Crippen LogP contribution in [0, 0.1) is 0 Å². The summed E-state index contributed by atoms with van der Waals surface area (Å²) in [7, 11) is 0. The third-order valence-electron chi connectivity index (χ3n) is 3.72. The fraction of sp³-hybridized carbons (Fsp3) is 0.400. The SMILES string of the molecule is CCOc1ccccc1C(=O)N1CC(N2C(=O)COC2=O)C1. The molecule has 0 spiro atoms. The largest absolute Gasteiger partial charge is 0.493 e. The monoisotopic (exact) mass is 304 g/mol. The molecule has 2 heterocycles. The van der Waals surface area contributed by atoms with Crippen LogP contribution in [0.1, 0.15) is 17.3 Å². The summed E-state index contributed by atoms with van der Waals surface area (Å²) in [6, 6.07) is 6.73. The van der Waals surface area contributed by atoms with Crippen LogP contribution in [-0.4, -0.2) is 60.1 Å². The number of carbonyl (C=O) groups excluding carboxylic acids is 3. The number of amides is 3. The first-order valence-corrected chi connectivity index (χ1v) is 7.11. The summed E-state index contributed by atoms with van der Waals surface area (Å²) >= 11 is 0. The van der Waals surface area contributed by atoms with Crippen LogP contribution in [-0.2, 0) is 9.53 Å². The molecule has 2 saturated heterocycles. The molecule has 7 nitrogen and oxygen atoms in total. The first-order chi connectivity index (χ1) is 10.6. The van der Waals surface area contributed by atoms with Gasteiger partial charge in [0.2, 0.25) is 0 Å². The second kappa shape index (κ2) is 5.67. The van der Waals surface area contributed by atoms with E-state index in [1.165, 1.54) is 0 Å².